The molecule has 1 aromatic carbocycles. The van der Waals surface area contributed by atoms with Gasteiger partial charge in [0.05, 0.1) is 18.4 Å². The molecule has 0 aromatic heterocycles. The first-order chi connectivity index (χ1) is 6.49. The number of halogens is 2. The van der Waals surface area contributed by atoms with Crippen molar-refractivity contribution in [3.8, 4) is 5.75 Å². The molecule has 0 saturated heterocycles. The smallest absolute Gasteiger partial charge is 0.179 e. The SMILES string of the molecule is COc1c(N)c(I)cc(C(C)=O)c1F. The molecular formula is C9H9FINO2. The van der Waals surface area contributed by atoms with Crippen LogP contribution < -0.4 is 10.5 Å². The Kier molecular flexibility index (Phi) is 3.30. The number of rotatable bonds is 2. The van der Waals surface area contributed by atoms with Crippen LogP contribution in [0.2, 0.25) is 0 Å². The van der Waals surface area contributed by atoms with Crippen LogP contribution in [0.4, 0.5) is 10.1 Å². The van der Waals surface area contributed by atoms with E-state index in [4.69, 9.17) is 10.5 Å². The zero-order chi connectivity index (χ0) is 10.9. The minimum Gasteiger partial charge on any atom is -0.492 e. The number of nitrogens with two attached hydrogens (primary N) is 1. The van der Waals surface area contributed by atoms with Crippen LogP contribution in [0.1, 0.15) is 17.3 Å². The number of methoxy groups -OCH3 is 1. The minimum absolute atomic E-state index is 0.000417. The average Bonchev–Trinajstić information content (AvgIpc) is 2.12. The highest BCUT2D eigenvalue weighted by Gasteiger charge is 2.18. The highest BCUT2D eigenvalue weighted by molar-refractivity contribution is 14.1. The van der Waals surface area contributed by atoms with Crippen LogP contribution in [-0.4, -0.2) is 12.9 Å². The van der Waals surface area contributed by atoms with Crippen molar-refractivity contribution in [1.29, 1.82) is 0 Å². The van der Waals surface area contributed by atoms with Gasteiger partial charge in [0.25, 0.3) is 0 Å². The number of hydrogen-bond donors (Lipinski definition) is 1. The number of carbonyl (C=O) groups excluding carboxylic acids is 1. The Hall–Kier alpha value is -0.850. The van der Waals surface area contributed by atoms with E-state index in [0.717, 1.165) is 0 Å². The van der Waals surface area contributed by atoms with E-state index in [1.54, 1.807) is 0 Å². The molecule has 0 unspecified atom stereocenters. The molecule has 0 bridgehead atoms. The monoisotopic (exact) mass is 309 g/mol. The predicted octanol–water partition coefficient (Wildman–Crippen LogP) is 2.22. The van der Waals surface area contributed by atoms with Gasteiger partial charge < -0.3 is 10.5 Å². The molecule has 0 heterocycles. The van der Waals surface area contributed by atoms with Crippen molar-refractivity contribution in [2.24, 2.45) is 0 Å². The fraction of sp³-hybridized carbons (Fsp3) is 0.222. The van der Waals surface area contributed by atoms with E-state index in [2.05, 4.69) is 0 Å². The number of hydrogen-bond acceptors (Lipinski definition) is 3. The molecule has 0 saturated carbocycles. The van der Waals surface area contributed by atoms with Gasteiger partial charge in [-0.1, -0.05) is 0 Å². The Morgan fingerprint density at radius 2 is 2.21 bits per heavy atom. The van der Waals surface area contributed by atoms with Gasteiger partial charge in [0.15, 0.2) is 17.3 Å². The molecule has 1 aromatic rings. The lowest BCUT2D eigenvalue weighted by molar-refractivity contribution is 0.101. The van der Waals surface area contributed by atoms with Gasteiger partial charge in [-0.25, -0.2) is 4.39 Å². The van der Waals surface area contributed by atoms with Crippen molar-refractivity contribution in [3.05, 3.63) is 21.0 Å². The maximum Gasteiger partial charge on any atom is 0.179 e. The fourth-order valence-corrected chi connectivity index (χ4v) is 1.63. The molecule has 0 spiro atoms. The fourth-order valence-electron chi connectivity index (χ4n) is 1.07. The summed E-state index contributed by atoms with van der Waals surface area (Å²) < 4.78 is 18.9. The lowest BCUT2D eigenvalue weighted by atomic mass is 10.1. The topological polar surface area (TPSA) is 52.3 Å². The van der Waals surface area contributed by atoms with E-state index >= 15 is 0 Å². The largest absolute Gasteiger partial charge is 0.492 e. The molecule has 1 rings (SSSR count). The number of nitrogen functional groups attached to an aromatic ring is 1. The molecule has 0 fully saturated rings. The third-order valence-electron chi connectivity index (χ3n) is 1.79. The van der Waals surface area contributed by atoms with Gasteiger partial charge in [0, 0.05) is 3.57 Å². The summed E-state index contributed by atoms with van der Waals surface area (Å²) in [7, 11) is 1.31. The van der Waals surface area contributed by atoms with Crippen LogP contribution in [-0.2, 0) is 0 Å². The van der Waals surface area contributed by atoms with Crippen molar-refractivity contribution in [2.75, 3.05) is 12.8 Å². The summed E-state index contributed by atoms with van der Waals surface area (Å²) in [5.74, 6) is -1.11. The molecule has 2 N–H and O–H groups in total. The van der Waals surface area contributed by atoms with Crippen LogP contribution in [0, 0.1) is 9.39 Å². The zero-order valence-electron chi connectivity index (χ0n) is 7.73. The molecule has 3 nitrogen and oxygen atoms in total. The van der Waals surface area contributed by atoms with E-state index < -0.39 is 5.82 Å². The Labute approximate surface area is 94.6 Å². The van der Waals surface area contributed by atoms with Crippen LogP contribution in [0.3, 0.4) is 0 Å². The number of ether oxygens (including phenoxy) is 1. The van der Waals surface area contributed by atoms with Gasteiger partial charge >= 0.3 is 0 Å². The van der Waals surface area contributed by atoms with Gasteiger partial charge in [-0.3, -0.25) is 4.79 Å². The summed E-state index contributed by atoms with van der Waals surface area (Å²) in [6.07, 6.45) is 0. The Balaban J connectivity index is 3.50. The summed E-state index contributed by atoms with van der Waals surface area (Å²) in [5.41, 5.74) is 5.80. The second-order valence-electron chi connectivity index (χ2n) is 2.72. The van der Waals surface area contributed by atoms with Crippen LogP contribution in [0.25, 0.3) is 0 Å². The zero-order valence-corrected chi connectivity index (χ0v) is 9.88. The standard InChI is InChI=1S/C9H9FINO2/c1-4(13)5-3-6(11)8(12)9(14-2)7(5)10/h3H,12H2,1-2H3. The molecule has 76 valence electrons. The molecule has 0 aliphatic rings. The van der Waals surface area contributed by atoms with Gasteiger partial charge in [0.2, 0.25) is 0 Å². The predicted molar refractivity (Wildman–Crippen MR) is 60.1 cm³/mol. The maximum atomic E-state index is 13.5. The van der Waals surface area contributed by atoms with Gasteiger partial charge in [-0.15, -0.1) is 0 Å². The van der Waals surface area contributed by atoms with E-state index in [-0.39, 0.29) is 22.8 Å². The number of carbonyl (C=O) groups is 1. The first kappa shape index (κ1) is 11.2. The second-order valence-corrected chi connectivity index (χ2v) is 3.89. The van der Waals surface area contributed by atoms with Gasteiger partial charge in [-0.2, -0.15) is 0 Å². The Morgan fingerprint density at radius 3 is 2.64 bits per heavy atom. The van der Waals surface area contributed by atoms with Crippen molar-refractivity contribution in [2.45, 2.75) is 6.92 Å². The molecule has 0 aliphatic carbocycles. The summed E-state index contributed by atoms with van der Waals surface area (Å²) >= 11 is 1.93. The summed E-state index contributed by atoms with van der Waals surface area (Å²) in [4.78, 5) is 11.1. The molecular weight excluding hydrogens is 300 g/mol. The Bertz CT molecular complexity index is 393. The third-order valence-corrected chi connectivity index (χ3v) is 2.68. The first-order valence-electron chi connectivity index (χ1n) is 3.81. The number of anilines is 1. The highest BCUT2D eigenvalue weighted by Crippen LogP contribution is 2.32. The van der Waals surface area contributed by atoms with Crippen molar-refractivity contribution >= 4 is 34.1 Å². The van der Waals surface area contributed by atoms with Gasteiger partial charge in [0.1, 0.15) is 0 Å². The van der Waals surface area contributed by atoms with E-state index in [1.165, 1.54) is 20.1 Å². The third kappa shape index (κ3) is 1.82. The van der Waals surface area contributed by atoms with Gasteiger partial charge in [-0.05, 0) is 35.6 Å². The number of Topliss-reactive ketones (excluding diaryl/α,β-unsaturated/α-hetero) is 1. The van der Waals surface area contributed by atoms with Crippen LogP contribution >= 0.6 is 22.6 Å². The number of ketones is 1. The van der Waals surface area contributed by atoms with E-state index in [0.29, 0.717) is 3.57 Å². The molecule has 0 aliphatic heterocycles. The van der Waals surface area contributed by atoms with E-state index in [1.807, 2.05) is 22.6 Å². The van der Waals surface area contributed by atoms with Crippen LogP contribution in [0.5, 0.6) is 5.75 Å². The Morgan fingerprint density at radius 1 is 1.64 bits per heavy atom. The number of benzene rings is 1. The quantitative estimate of drug-likeness (QED) is 0.518. The molecule has 5 heteroatoms. The first-order valence-corrected chi connectivity index (χ1v) is 4.89. The van der Waals surface area contributed by atoms with Crippen molar-refractivity contribution in [1.82, 2.24) is 0 Å². The molecule has 0 atom stereocenters. The molecule has 0 amide bonds. The van der Waals surface area contributed by atoms with Crippen LogP contribution in [0.15, 0.2) is 6.07 Å². The lowest BCUT2D eigenvalue weighted by Crippen LogP contribution is -2.05. The lowest BCUT2D eigenvalue weighted by Gasteiger charge is -2.10. The van der Waals surface area contributed by atoms with E-state index in [9.17, 15) is 9.18 Å². The summed E-state index contributed by atoms with van der Waals surface area (Å²) in [6, 6.07) is 1.41. The summed E-state index contributed by atoms with van der Waals surface area (Å²) in [5, 5.41) is 0. The maximum absolute atomic E-state index is 13.5. The second kappa shape index (κ2) is 4.12. The highest BCUT2D eigenvalue weighted by atomic mass is 127. The van der Waals surface area contributed by atoms with Crippen molar-refractivity contribution < 1.29 is 13.9 Å². The van der Waals surface area contributed by atoms with Crippen molar-refractivity contribution in [3.63, 3.8) is 0 Å². The molecule has 14 heavy (non-hydrogen) atoms. The summed E-state index contributed by atoms with van der Waals surface area (Å²) in [6.45, 7) is 1.30. The normalized spacial score (nSPS) is 10.0. The minimum atomic E-state index is -0.696. The average molecular weight is 309 g/mol. The molecule has 0 radical (unpaired) electrons.